The largest absolute Gasteiger partial charge is 0.352 e. The summed E-state index contributed by atoms with van der Waals surface area (Å²) in [5.41, 5.74) is 5.70. The number of thioether (sulfide) groups is 1. The van der Waals surface area contributed by atoms with Crippen molar-refractivity contribution in [3.8, 4) is 0 Å². The van der Waals surface area contributed by atoms with Crippen molar-refractivity contribution in [3.63, 3.8) is 0 Å². The summed E-state index contributed by atoms with van der Waals surface area (Å²) in [6.07, 6.45) is 6.20. The maximum absolute atomic E-state index is 12.3. The van der Waals surface area contributed by atoms with Crippen LogP contribution in [0.5, 0.6) is 0 Å². The third kappa shape index (κ3) is 3.38. The first-order chi connectivity index (χ1) is 8.10. The third-order valence-corrected chi connectivity index (χ3v) is 5.09. The van der Waals surface area contributed by atoms with Crippen LogP contribution >= 0.6 is 11.8 Å². The number of hydrogen-bond donors (Lipinski definition) is 2. The topological polar surface area (TPSA) is 55.1 Å². The smallest absolute Gasteiger partial charge is 0.240 e. The summed E-state index contributed by atoms with van der Waals surface area (Å²) in [6, 6.07) is 0.362. The van der Waals surface area contributed by atoms with Crippen molar-refractivity contribution in [2.24, 2.45) is 11.7 Å². The minimum atomic E-state index is -0.595. The molecule has 2 atom stereocenters. The molecule has 2 aliphatic rings. The molecule has 1 saturated heterocycles. The van der Waals surface area contributed by atoms with Gasteiger partial charge in [-0.3, -0.25) is 4.79 Å². The van der Waals surface area contributed by atoms with Crippen molar-refractivity contribution >= 4 is 17.7 Å². The van der Waals surface area contributed by atoms with E-state index in [9.17, 15) is 4.79 Å². The van der Waals surface area contributed by atoms with Crippen molar-refractivity contribution in [1.82, 2.24) is 5.32 Å². The molecule has 1 amide bonds. The molecule has 0 aromatic heterocycles. The Balaban J connectivity index is 1.89. The minimum absolute atomic E-state index is 0.0981. The molecular weight excluding hydrogens is 232 g/mol. The van der Waals surface area contributed by atoms with Crippen molar-refractivity contribution in [3.05, 3.63) is 0 Å². The highest BCUT2D eigenvalue weighted by Gasteiger charge is 2.38. The van der Waals surface area contributed by atoms with Gasteiger partial charge >= 0.3 is 0 Å². The number of amides is 1. The van der Waals surface area contributed by atoms with E-state index in [1.807, 2.05) is 11.8 Å². The lowest BCUT2D eigenvalue weighted by Crippen LogP contribution is -2.58. The molecule has 0 bridgehead atoms. The Labute approximate surface area is 108 Å². The Morgan fingerprint density at radius 3 is 2.71 bits per heavy atom. The standard InChI is InChI=1S/C13H24N2OS/c1-10-3-2-6-13(14,9-10)12(16)15-11-4-7-17-8-5-11/h10-11H,2-9,14H2,1H3,(H,15,16). The lowest BCUT2D eigenvalue weighted by Gasteiger charge is -2.37. The summed E-state index contributed by atoms with van der Waals surface area (Å²) in [7, 11) is 0. The number of carbonyl (C=O) groups is 1. The highest BCUT2D eigenvalue weighted by molar-refractivity contribution is 7.99. The summed E-state index contributed by atoms with van der Waals surface area (Å²) in [4.78, 5) is 12.3. The first-order valence-corrected chi connectivity index (χ1v) is 7.93. The van der Waals surface area contributed by atoms with Gasteiger partial charge in [-0.2, -0.15) is 11.8 Å². The average Bonchev–Trinajstić information content (AvgIpc) is 2.30. The number of hydrogen-bond acceptors (Lipinski definition) is 3. The van der Waals surface area contributed by atoms with Crippen LogP contribution in [0.25, 0.3) is 0 Å². The van der Waals surface area contributed by atoms with Gasteiger partial charge in [0.15, 0.2) is 0 Å². The zero-order valence-electron chi connectivity index (χ0n) is 10.7. The maximum Gasteiger partial charge on any atom is 0.240 e. The SMILES string of the molecule is CC1CCCC(N)(C(=O)NC2CCSCC2)C1. The van der Waals surface area contributed by atoms with Gasteiger partial charge in [-0.05, 0) is 43.1 Å². The molecule has 0 spiro atoms. The van der Waals surface area contributed by atoms with Crippen LogP contribution in [0, 0.1) is 5.92 Å². The minimum Gasteiger partial charge on any atom is -0.352 e. The highest BCUT2D eigenvalue weighted by Crippen LogP contribution is 2.31. The van der Waals surface area contributed by atoms with Gasteiger partial charge in [0.25, 0.3) is 0 Å². The molecule has 4 heteroatoms. The summed E-state index contributed by atoms with van der Waals surface area (Å²) in [5, 5.41) is 3.17. The summed E-state index contributed by atoms with van der Waals surface area (Å²) >= 11 is 1.98. The molecule has 3 N–H and O–H groups in total. The molecule has 17 heavy (non-hydrogen) atoms. The van der Waals surface area contributed by atoms with Crippen LogP contribution < -0.4 is 11.1 Å². The summed E-state index contributed by atoms with van der Waals surface area (Å²) in [6.45, 7) is 2.20. The van der Waals surface area contributed by atoms with Crippen LogP contribution in [-0.4, -0.2) is 29.0 Å². The molecule has 3 nitrogen and oxygen atoms in total. The number of carbonyl (C=O) groups excluding carboxylic acids is 1. The lowest BCUT2D eigenvalue weighted by atomic mass is 9.76. The second-order valence-corrected chi connectivity index (χ2v) is 6.94. The fraction of sp³-hybridized carbons (Fsp3) is 0.923. The number of rotatable bonds is 2. The Morgan fingerprint density at radius 1 is 1.35 bits per heavy atom. The molecule has 1 heterocycles. The Morgan fingerprint density at radius 2 is 2.06 bits per heavy atom. The van der Waals surface area contributed by atoms with Gasteiger partial charge in [0.1, 0.15) is 0 Å². The monoisotopic (exact) mass is 256 g/mol. The van der Waals surface area contributed by atoms with Crippen LogP contribution in [-0.2, 0) is 4.79 Å². The van der Waals surface area contributed by atoms with Crippen LogP contribution in [0.3, 0.4) is 0 Å². The zero-order chi connectivity index (χ0) is 12.3. The van der Waals surface area contributed by atoms with Crippen LogP contribution in [0.1, 0.15) is 45.4 Å². The third-order valence-electron chi connectivity index (χ3n) is 4.04. The number of nitrogens with two attached hydrogens (primary N) is 1. The fourth-order valence-corrected chi connectivity index (χ4v) is 4.08. The van der Waals surface area contributed by atoms with Crippen molar-refractivity contribution in [2.75, 3.05) is 11.5 Å². The van der Waals surface area contributed by atoms with E-state index in [1.54, 1.807) is 0 Å². The fourth-order valence-electron chi connectivity index (χ4n) is 2.97. The van der Waals surface area contributed by atoms with Gasteiger partial charge < -0.3 is 11.1 Å². The van der Waals surface area contributed by atoms with E-state index < -0.39 is 5.54 Å². The molecule has 1 aliphatic heterocycles. The van der Waals surface area contributed by atoms with E-state index in [-0.39, 0.29) is 5.91 Å². The Hall–Kier alpha value is -0.220. The van der Waals surface area contributed by atoms with Crippen LogP contribution in [0.4, 0.5) is 0 Å². The molecule has 2 rings (SSSR count). The van der Waals surface area contributed by atoms with E-state index in [0.717, 1.165) is 32.1 Å². The Kier molecular flexibility index (Phi) is 4.36. The predicted octanol–water partition coefficient (Wildman–Crippen LogP) is 1.91. The maximum atomic E-state index is 12.3. The normalized spacial score (nSPS) is 35.5. The van der Waals surface area contributed by atoms with E-state index in [2.05, 4.69) is 12.2 Å². The first kappa shape index (κ1) is 13.2. The van der Waals surface area contributed by atoms with Crippen molar-refractivity contribution < 1.29 is 4.79 Å². The second kappa shape index (κ2) is 5.61. The van der Waals surface area contributed by atoms with Gasteiger partial charge in [0.05, 0.1) is 5.54 Å². The molecule has 1 saturated carbocycles. The molecule has 2 unspecified atom stereocenters. The van der Waals surface area contributed by atoms with Crippen LogP contribution in [0.2, 0.25) is 0 Å². The van der Waals surface area contributed by atoms with Crippen molar-refractivity contribution in [1.29, 1.82) is 0 Å². The quantitative estimate of drug-likeness (QED) is 0.793. The van der Waals surface area contributed by atoms with Gasteiger partial charge in [-0.1, -0.05) is 19.8 Å². The Bertz CT molecular complexity index is 279. The zero-order valence-corrected chi connectivity index (χ0v) is 11.5. The second-order valence-electron chi connectivity index (χ2n) is 5.72. The summed E-state index contributed by atoms with van der Waals surface area (Å²) in [5.74, 6) is 3.01. The highest BCUT2D eigenvalue weighted by atomic mass is 32.2. The molecular formula is C13H24N2OS. The molecule has 98 valence electrons. The van der Waals surface area contributed by atoms with Gasteiger partial charge in [-0.15, -0.1) is 0 Å². The van der Waals surface area contributed by atoms with E-state index in [0.29, 0.717) is 12.0 Å². The van der Waals surface area contributed by atoms with Crippen LogP contribution in [0.15, 0.2) is 0 Å². The summed E-state index contributed by atoms with van der Waals surface area (Å²) < 4.78 is 0. The van der Waals surface area contributed by atoms with E-state index >= 15 is 0 Å². The van der Waals surface area contributed by atoms with Gasteiger partial charge in [-0.25, -0.2) is 0 Å². The van der Waals surface area contributed by atoms with Gasteiger partial charge in [0.2, 0.25) is 5.91 Å². The molecule has 1 aliphatic carbocycles. The molecule has 0 aromatic carbocycles. The first-order valence-electron chi connectivity index (χ1n) is 6.78. The number of nitrogens with one attached hydrogen (secondary N) is 1. The molecule has 0 radical (unpaired) electrons. The molecule has 0 aromatic rings. The molecule has 2 fully saturated rings. The van der Waals surface area contributed by atoms with Crippen molar-refractivity contribution in [2.45, 2.75) is 57.0 Å². The predicted molar refractivity (Wildman–Crippen MR) is 73.0 cm³/mol. The van der Waals surface area contributed by atoms with E-state index in [1.165, 1.54) is 17.9 Å². The van der Waals surface area contributed by atoms with Gasteiger partial charge in [0, 0.05) is 6.04 Å². The average molecular weight is 256 g/mol. The lowest BCUT2D eigenvalue weighted by molar-refractivity contribution is -0.128. The van der Waals surface area contributed by atoms with E-state index in [4.69, 9.17) is 5.73 Å².